The highest BCUT2D eigenvalue weighted by atomic mass is 15.2. The Labute approximate surface area is 161 Å². The lowest BCUT2D eigenvalue weighted by molar-refractivity contribution is 0.831. The highest BCUT2D eigenvalue weighted by Crippen LogP contribution is 2.49. The predicted molar refractivity (Wildman–Crippen MR) is 115 cm³/mol. The molecule has 0 N–H and O–H groups in total. The number of anilines is 2. The van der Waals surface area contributed by atoms with E-state index in [1.54, 1.807) is 0 Å². The minimum Gasteiger partial charge on any atom is -0.333 e. The minimum absolute atomic E-state index is 0.374. The molecule has 1 unspecified atom stereocenters. The third-order valence-corrected chi connectivity index (χ3v) is 5.68. The second kappa shape index (κ2) is 6.28. The fourth-order valence-corrected chi connectivity index (χ4v) is 4.30. The Kier molecular flexibility index (Phi) is 3.75. The van der Waals surface area contributed by atoms with Crippen LogP contribution in [0.2, 0.25) is 0 Å². The summed E-state index contributed by atoms with van der Waals surface area (Å²) in [5.41, 5.74) is 10.7. The Morgan fingerprint density at radius 2 is 1.56 bits per heavy atom. The maximum Gasteiger partial charge on any atom is 0.0633 e. The van der Waals surface area contributed by atoms with Gasteiger partial charge in [-0.25, -0.2) is 0 Å². The Morgan fingerprint density at radius 3 is 2.33 bits per heavy atom. The summed E-state index contributed by atoms with van der Waals surface area (Å²) in [5.74, 6) is 0. The van der Waals surface area contributed by atoms with Crippen LogP contribution in [0.1, 0.15) is 28.7 Å². The summed E-state index contributed by atoms with van der Waals surface area (Å²) < 4.78 is 0. The van der Waals surface area contributed by atoms with Crippen molar-refractivity contribution < 1.29 is 0 Å². The average Bonchev–Trinajstić information content (AvgIpc) is 3.02. The summed E-state index contributed by atoms with van der Waals surface area (Å²) in [6, 6.07) is 26.9. The van der Waals surface area contributed by atoms with Crippen LogP contribution in [0.4, 0.5) is 11.4 Å². The van der Waals surface area contributed by atoms with Crippen LogP contribution in [-0.4, -0.2) is 6.04 Å². The summed E-state index contributed by atoms with van der Waals surface area (Å²) in [4.78, 5) is 2.50. The van der Waals surface area contributed by atoms with Gasteiger partial charge in [0.2, 0.25) is 0 Å². The second-order valence-electron chi connectivity index (χ2n) is 7.60. The largest absolute Gasteiger partial charge is 0.333 e. The first-order valence-corrected chi connectivity index (χ1v) is 9.65. The van der Waals surface area contributed by atoms with Gasteiger partial charge in [0.15, 0.2) is 0 Å². The van der Waals surface area contributed by atoms with Crippen molar-refractivity contribution in [1.29, 1.82) is 0 Å². The van der Waals surface area contributed by atoms with Crippen LogP contribution in [0.15, 0.2) is 84.9 Å². The molecule has 0 amide bonds. The smallest absolute Gasteiger partial charge is 0.0633 e. The first-order chi connectivity index (χ1) is 13.2. The third-order valence-electron chi connectivity index (χ3n) is 5.68. The number of nitrogens with zero attached hydrogens (tertiary/aromatic N) is 1. The first kappa shape index (κ1) is 16.1. The zero-order chi connectivity index (χ0) is 18.4. The van der Waals surface area contributed by atoms with Gasteiger partial charge in [0.25, 0.3) is 0 Å². The molecule has 1 heteroatoms. The van der Waals surface area contributed by atoms with Gasteiger partial charge in [-0.05, 0) is 67.3 Å². The highest BCUT2D eigenvalue weighted by Gasteiger charge is 2.35. The molecule has 1 heterocycles. The number of hydrogen-bond donors (Lipinski definition) is 0. The Bertz CT molecular complexity index is 1060. The van der Waals surface area contributed by atoms with Gasteiger partial charge in [0.05, 0.1) is 6.04 Å². The lowest BCUT2D eigenvalue weighted by atomic mass is 9.89. The van der Waals surface area contributed by atoms with E-state index in [4.69, 9.17) is 0 Å². The first-order valence-electron chi connectivity index (χ1n) is 9.65. The van der Waals surface area contributed by atoms with Crippen molar-refractivity contribution >= 4 is 22.5 Å². The molecular formula is C26H23N. The van der Waals surface area contributed by atoms with Gasteiger partial charge in [-0.15, -0.1) is 0 Å². The third kappa shape index (κ3) is 2.71. The molecule has 0 fully saturated rings. The quantitative estimate of drug-likeness (QED) is 0.498. The fraction of sp³-hybridized carbons (Fsp3) is 0.154. The SMILES string of the molecule is Cc1ccc(C2=CCC3C(=C2)c2cc(C)ccc2N3c2ccccc2)cc1. The molecule has 27 heavy (non-hydrogen) atoms. The molecular weight excluding hydrogens is 326 g/mol. The summed E-state index contributed by atoms with van der Waals surface area (Å²) >= 11 is 0. The van der Waals surface area contributed by atoms with E-state index < -0.39 is 0 Å². The van der Waals surface area contributed by atoms with E-state index in [1.807, 2.05) is 0 Å². The lowest BCUT2D eigenvalue weighted by Gasteiger charge is -2.29. The van der Waals surface area contributed by atoms with Crippen LogP contribution in [-0.2, 0) is 0 Å². The molecule has 0 aromatic heterocycles. The molecule has 1 atom stereocenters. The van der Waals surface area contributed by atoms with Crippen LogP contribution < -0.4 is 4.90 Å². The number of para-hydroxylation sites is 1. The van der Waals surface area contributed by atoms with Crippen molar-refractivity contribution in [3.63, 3.8) is 0 Å². The van der Waals surface area contributed by atoms with Crippen molar-refractivity contribution in [2.75, 3.05) is 4.90 Å². The molecule has 2 aliphatic rings. The molecule has 1 aliphatic carbocycles. The van der Waals surface area contributed by atoms with Crippen LogP contribution in [0.5, 0.6) is 0 Å². The molecule has 0 radical (unpaired) electrons. The molecule has 0 spiro atoms. The van der Waals surface area contributed by atoms with Crippen LogP contribution in [0, 0.1) is 13.8 Å². The summed E-state index contributed by atoms with van der Waals surface area (Å²) in [7, 11) is 0. The van der Waals surface area contributed by atoms with Crippen molar-refractivity contribution in [3.05, 3.63) is 107 Å². The van der Waals surface area contributed by atoms with Gasteiger partial charge in [-0.2, -0.15) is 0 Å². The number of fused-ring (bicyclic) bond motifs is 3. The Balaban J connectivity index is 1.63. The number of hydrogen-bond acceptors (Lipinski definition) is 1. The summed E-state index contributed by atoms with van der Waals surface area (Å²) in [5, 5.41) is 0. The second-order valence-corrected chi connectivity index (χ2v) is 7.60. The summed E-state index contributed by atoms with van der Waals surface area (Å²) in [6.45, 7) is 4.32. The lowest BCUT2D eigenvalue weighted by Crippen LogP contribution is -2.27. The maximum absolute atomic E-state index is 2.50. The Hall–Kier alpha value is -3.06. The van der Waals surface area contributed by atoms with E-state index in [9.17, 15) is 0 Å². The molecule has 1 nitrogen and oxygen atoms in total. The zero-order valence-electron chi connectivity index (χ0n) is 15.8. The van der Waals surface area contributed by atoms with Crippen molar-refractivity contribution in [2.45, 2.75) is 26.3 Å². The van der Waals surface area contributed by atoms with Crippen LogP contribution >= 0.6 is 0 Å². The predicted octanol–water partition coefficient (Wildman–Crippen LogP) is 6.69. The molecule has 5 rings (SSSR count). The standard InChI is InChI=1S/C26H23N/c1-18-8-11-20(12-9-18)21-13-15-26-24(17-21)23-16-19(2)10-14-25(23)27(26)22-6-4-3-5-7-22/h3-14,16-17,26H,15H2,1-2H3. The molecule has 1 aliphatic heterocycles. The van der Waals surface area contributed by atoms with Crippen LogP contribution in [0.3, 0.4) is 0 Å². The van der Waals surface area contributed by atoms with Crippen molar-refractivity contribution in [2.24, 2.45) is 0 Å². The zero-order valence-corrected chi connectivity index (χ0v) is 15.8. The topological polar surface area (TPSA) is 3.24 Å². The fourth-order valence-electron chi connectivity index (χ4n) is 4.30. The molecule has 3 aromatic rings. The van der Waals surface area contributed by atoms with E-state index in [0.29, 0.717) is 6.04 Å². The molecule has 0 bridgehead atoms. The van der Waals surface area contributed by atoms with Gasteiger partial charge in [0.1, 0.15) is 0 Å². The molecule has 0 saturated carbocycles. The van der Waals surface area contributed by atoms with Crippen LogP contribution in [0.25, 0.3) is 11.1 Å². The van der Waals surface area contributed by atoms with Gasteiger partial charge >= 0.3 is 0 Å². The van der Waals surface area contributed by atoms with E-state index in [2.05, 4.69) is 104 Å². The number of rotatable bonds is 2. The highest BCUT2D eigenvalue weighted by molar-refractivity contribution is 5.98. The Morgan fingerprint density at radius 1 is 0.815 bits per heavy atom. The van der Waals surface area contributed by atoms with Crippen molar-refractivity contribution in [3.8, 4) is 0 Å². The normalized spacial score (nSPS) is 17.9. The number of allylic oxidation sites excluding steroid dienone is 2. The molecule has 3 aromatic carbocycles. The van der Waals surface area contributed by atoms with E-state index in [0.717, 1.165) is 6.42 Å². The average molecular weight is 349 g/mol. The van der Waals surface area contributed by atoms with E-state index in [1.165, 1.54) is 44.8 Å². The van der Waals surface area contributed by atoms with Gasteiger partial charge in [-0.1, -0.05) is 65.7 Å². The monoisotopic (exact) mass is 349 g/mol. The molecule has 0 saturated heterocycles. The van der Waals surface area contributed by atoms with Gasteiger partial charge in [-0.3, -0.25) is 0 Å². The van der Waals surface area contributed by atoms with Gasteiger partial charge < -0.3 is 4.90 Å². The maximum atomic E-state index is 2.50. The summed E-state index contributed by atoms with van der Waals surface area (Å²) in [6.07, 6.45) is 5.82. The molecule has 132 valence electrons. The van der Waals surface area contributed by atoms with E-state index in [-0.39, 0.29) is 0 Å². The van der Waals surface area contributed by atoms with Gasteiger partial charge in [0, 0.05) is 16.9 Å². The number of benzene rings is 3. The van der Waals surface area contributed by atoms with Crippen molar-refractivity contribution in [1.82, 2.24) is 0 Å². The van der Waals surface area contributed by atoms with E-state index >= 15 is 0 Å². The minimum atomic E-state index is 0.374. The number of aryl methyl sites for hydroxylation is 2.